The zero-order valence-corrected chi connectivity index (χ0v) is 19.6. The number of carbonyl (C=O) groups excluding carboxylic acids is 2. The Morgan fingerprint density at radius 2 is 1.82 bits per heavy atom. The first-order valence-corrected chi connectivity index (χ1v) is 12.7. The van der Waals surface area contributed by atoms with Crippen LogP contribution >= 0.6 is 11.8 Å². The zero-order valence-electron chi connectivity index (χ0n) is 18.7. The van der Waals surface area contributed by atoms with E-state index < -0.39 is 6.04 Å². The summed E-state index contributed by atoms with van der Waals surface area (Å²) >= 11 is 1.37. The van der Waals surface area contributed by atoms with Gasteiger partial charge in [0.1, 0.15) is 5.84 Å². The molecule has 170 valence electrons. The Kier molecular flexibility index (Phi) is 6.31. The maximum Gasteiger partial charge on any atom is 0.263 e. The first-order valence-electron chi connectivity index (χ1n) is 11.8. The van der Waals surface area contributed by atoms with Gasteiger partial charge < -0.3 is 5.32 Å². The van der Waals surface area contributed by atoms with E-state index >= 15 is 0 Å². The van der Waals surface area contributed by atoms with E-state index in [-0.39, 0.29) is 23.1 Å². The van der Waals surface area contributed by atoms with Gasteiger partial charge in [0.25, 0.3) is 5.91 Å². The van der Waals surface area contributed by atoms with Crippen LogP contribution < -0.4 is 5.32 Å². The quantitative estimate of drug-likeness (QED) is 0.684. The second kappa shape index (κ2) is 9.51. The molecular weight excluding hydrogens is 432 g/mol. The number of nitrogens with one attached hydrogen (secondary N) is 1. The first-order chi connectivity index (χ1) is 16.2. The summed E-state index contributed by atoms with van der Waals surface area (Å²) in [6, 6.07) is 17.0. The number of thioether (sulfide) groups is 1. The molecular formula is C26H28N4O2S. The van der Waals surface area contributed by atoms with Crippen LogP contribution in [-0.4, -0.2) is 39.0 Å². The third-order valence-electron chi connectivity index (χ3n) is 6.45. The number of rotatable bonds is 5. The molecule has 1 fully saturated rings. The van der Waals surface area contributed by atoms with Gasteiger partial charge in [0, 0.05) is 11.6 Å². The molecule has 0 saturated heterocycles. The van der Waals surface area contributed by atoms with E-state index in [2.05, 4.69) is 5.32 Å². The summed E-state index contributed by atoms with van der Waals surface area (Å²) in [7, 11) is 0. The number of hydrogen-bond acceptors (Lipinski definition) is 5. The van der Waals surface area contributed by atoms with Gasteiger partial charge in [-0.25, -0.2) is 14.9 Å². The number of benzene rings is 2. The number of fused-ring (bicyclic) bond motifs is 3. The van der Waals surface area contributed by atoms with Gasteiger partial charge in [0.15, 0.2) is 11.2 Å². The van der Waals surface area contributed by atoms with Crippen LogP contribution in [0.4, 0.5) is 5.69 Å². The van der Waals surface area contributed by atoms with Gasteiger partial charge in [-0.05, 0) is 37.0 Å². The molecule has 33 heavy (non-hydrogen) atoms. The average Bonchev–Trinajstić information content (AvgIpc) is 3.21. The van der Waals surface area contributed by atoms with Crippen molar-refractivity contribution >= 4 is 40.3 Å². The fourth-order valence-electron chi connectivity index (χ4n) is 4.67. The molecule has 6 nitrogen and oxygen atoms in total. The van der Waals surface area contributed by atoms with Gasteiger partial charge in [-0.15, -0.1) is 0 Å². The highest BCUT2D eigenvalue weighted by molar-refractivity contribution is 8.15. The molecule has 0 spiro atoms. The minimum absolute atomic E-state index is 0.0284. The summed E-state index contributed by atoms with van der Waals surface area (Å²) in [6.45, 7) is 2.00. The number of amidine groups is 2. The Morgan fingerprint density at radius 3 is 2.58 bits per heavy atom. The van der Waals surface area contributed by atoms with Crippen LogP contribution in [0.25, 0.3) is 0 Å². The SMILES string of the molecule is CC[C@@H](SC1=Nc2ccccc2C2=N[C@H](c3ccccc3)C(=O)N12)C(=O)NC1CCCCC1. The summed E-state index contributed by atoms with van der Waals surface area (Å²) in [5.41, 5.74) is 2.47. The van der Waals surface area contributed by atoms with Crippen molar-refractivity contribution in [1.29, 1.82) is 0 Å². The number of nitrogens with zero attached hydrogens (tertiary/aromatic N) is 3. The maximum absolute atomic E-state index is 13.5. The molecule has 2 aromatic rings. The van der Waals surface area contributed by atoms with E-state index in [1.54, 1.807) is 4.90 Å². The lowest BCUT2D eigenvalue weighted by Gasteiger charge is -2.29. The third-order valence-corrected chi connectivity index (χ3v) is 7.76. The topological polar surface area (TPSA) is 74.1 Å². The van der Waals surface area contributed by atoms with Crippen molar-refractivity contribution in [2.24, 2.45) is 9.98 Å². The Balaban J connectivity index is 1.43. The smallest absolute Gasteiger partial charge is 0.263 e. The fourth-order valence-corrected chi connectivity index (χ4v) is 5.70. The molecule has 0 aromatic heterocycles. The van der Waals surface area contributed by atoms with Crippen LogP contribution in [0.15, 0.2) is 64.6 Å². The number of amides is 2. The summed E-state index contributed by atoms with van der Waals surface area (Å²) in [5, 5.41) is 3.45. The summed E-state index contributed by atoms with van der Waals surface area (Å²) in [5.74, 6) is 0.518. The molecule has 7 heteroatoms. The van der Waals surface area contributed by atoms with Crippen molar-refractivity contribution in [2.45, 2.75) is 62.8 Å². The lowest BCUT2D eigenvalue weighted by atomic mass is 9.95. The van der Waals surface area contributed by atoms with Crippen molar-refractivity contribution in [3.63, 3.8) is 0 Å². The second-order valence-corrected chi connectivity index (χ2v) is 9.88. The highest BCUT2D eigenvalue weighted by atomic mass is 32.2. The van der Waals surface area contributed by atoms with Crippen LogP contribution in [-0.2, 0) is 9.59 Å². The Labute approximate surface area is 198 Å². The monoisotopic (exact) mass is 460 g/mol. The van der Waals surface area contributed by atoms with Gasteiger partial charge in [-0.1, -0.05) is 80.4 Å². The van der Waals surface area contributed by atoms with Crippen molar-refractivity contribution in [3.8, 4) is 0 Å². The van der Waals surface area contributed by atoms with Gasteiger partial charge >= 0.3 is 0 Å². The van der Waals surface area contributed by atoms with E-state index in [4.69, 9.17) is 9.98 Å². The normalized spacial score (nSPS) is 21.1. The van der Waals surface area contributed by atoms with Crippen LogP contribution in [0.5, 0.6) is 0 Å². The Hall–Kier alpha value is -2.93. The minimum Gasteiger partial charge on any atom is -0.352 e. The number of hydrogen-bond donors (Lipinski definition) is 1. The van der Waals surface area contributed by atoms with Gasteiger partial charge in [-0.3, -0.25) is 9.59 Å². The van der Waals surface area contributed by atoms with E-state index in [0.717, 1.165) is 29.7 Å². The first kappa shape index (κ1) is 21.9. The Bertz CT molecular complexity index is 1110. The van der Waals surface area contributed by atoms with Crippen LogP contribution in [0.2, 0.25) is 0 Å². The summed E-state index contributed by atoms with van der Waals surface area (Å²) in [6.07, 6.45) is 6.32. The van der Waals surface area contributed by atoms with Crippen LogP contribution in [0.3, 0.4) is 0 Å². The van der Waals surface area contributed by atoms with E-state index in [9.17, 15) is 9.59 Å². The number of aliphatic imine (C=N–C) groups is 2. The van der Waals surface area contributed by atoms with E-state index in [1.165, 1.54) is 31.0 Å². The molecule has 1 saturated carbocycles. The molecule has 0 bridgehead atoms. The molecule has 2 aliphatic heterocycles. The van der Waals surface area contributed by atoms with E-state index in [0.29, 0.717) is 17.4 Å². The average molecular weight is 461 g/mol. The minimum atomic E-state index is -0.603. The molecule has 0 unspecified atom stereocenters. The highest BCUT2D eigenvalue weighted by Crippen LogP contribution is 2.38. The molecule has 2 aromatic carbocycles. The number of para-hydroxylation sites is 1. The van der Waals surface area contributed by atoms with E-state index in [1.807, 2.05) is 61.5 Å². The van der Waals surface area contributed by atoms with Gasteiger partial charge in [0.05, 0.1) is 10.9 Å². The Morgan fingerprint density at radius 1 is 1.09 bits per heavy atom. The van der Waals surface area contributed by atoms with Crippen molar-refractivity contribution in [1.82, 2.24) is 10.2 Å². The molecule has 2 atom stereocenters. The largest absolute Gasteiger partial charge is 0.352 e. The van der Waals surface area contributed by atoms with Gasteiger partial charge in [-0.2, -0.15) is 0 Å². The molecule has 2 amide bonds. The standard InChI is InChI=1S/C26H28N4O2S/c1-2-21(24(31)27-18-13-7-4-8-14-18)33-26-28-20-16-10-9-15-19(20)23-29-22(25(32)30(23)26)17-11-5-3-6-12-17/h3,5-6,9-12,15-16,18,21-22H,2,4,7-8,13-14H2,1H3,(H,27,31)/t21-,22-/m1/s1. The highest BCUT2D eigenvalue weighted by Gasteiger charge is 2.43. The fraction of sp³-hybridized carbons (Fsp3) is 0.385. The van der Waals surface area contributed by atoms with Gasteiger partial charge in [0.2, 0.25) is 5.91 Å². The second-order valence-electron chi connectivity index (χ2n) is 8.71. The molecule has 0 radical (unpaired) electrons. The maximum atomic E-state index is 13.5. The zero-order chi connectivity index (χ0) is 22.8. The number of carbonyl (C=O) groups is 2. The molecule has 1 aliphatic carbocycles. The third kappa shape index (κ3) is 4.34. The molecule has 2 heterocycles. The van der Waals surface area contributed by atoms with Crippen molar-refractivity contribution in [3.05, 3.63) is 65.7 Å². The summed E-state index contributed by atoms with van der Waals surface area (Å²) < 4.78 is 0. The van der Waals surface area contributed by atoms with Crippen molar-refractivity contribution < 1.29 is 9.59 Å². The predicted molar refractivity (Wildman–Crippen MR) is 133 cm³/mol. The van der Waals surface area contributed by atoms with Crippen LogP contribution in [0, 0.1) is 0 Å². The van der Waals surface area contributed by atoms with Crippen LogP contribution in [0.1, 0.15) is 62.6 Å². The summed E-state index contributed by atoms with van der Waals surface area (Å²) in [4.78, 5) is 37.9. The lowest BCUT2D eigenvalue weighted by molar-refractivity contribution is -0.125. The lowest BCUT2D eigenvalue weighted by Crippen LogP contribution is -2.44. The predicted octanol–water partition coefficient (Wildman–Crippen LogP) is 4.98. The molecule has 1 N–H and O–H groups in total. The van der Waals surface area contributed by atoms with Crippen molar-refractivity contribution in [2.75, 3.05) is 0 Å². The molecule has 3 aliphatic rings. The molecule has 5 rings (SSSR count).